The molecule has 0 bridgehead atoms. The zero-order valence-corrected chi connectivity index (χ0v) is 20.8. The zero-order valence-electron chi connectivity index (χ0n) is 20.8. The van der Waals surface area contributed by atoms with Gasteiger partial charge in [-0.2, -0.15) is 5.10 Å². The van der Waals surface area contributed by atoms with Crippen LogP contribution in [0.25, 0.3) is 22.0 Å². The van der Waals surface area contributed by atoms with Gasteiger partial charge < -0.3 is 20.1 Å². The smallest absolute Gasteiger partial charge is 0.272 e. The van der Waals surface area contributed by atoms with E-state index in [4.69, 9.17) is 9.47 Å². The van der Waals surface area contributed by atoms with Gasteiger partial charge in [-0.25, -0.2) is 4.98 Å². The number of nitrogens with zero attached hydrogens (tertiary/aromatic N) is 2. The number of hydrogen-bond acceptors (Lipinski definition) is 6. The molecule has 0 saturated carbocycles. The molecule has 9 heteroatoms. The van der Waals surface area contributed by atoms with Crippen molar-refractivity contribution < 1.29 is 19.1 Å². The van der Waals surface area contributed by atoms with Crippen LogP contribution in [-0.4, -0.2) is 54.3 Å². The van der Waals surface area contributed by atoms with E-state index < -0.39 is 0 Å². The van der Waals surface area contributed by atoms with E-state index in [1.807, 2.05) is 36.4 Å². The number of pyridine rings is 1. The summed E-state index contributed by atoms with van der Waals surface area (Å²) in [5.41, 5.74) is 4.08. The molecular formula is C28H29N5O4. The van der Waals surface area contributed by atoms with Gasteiger partial charge in [-0.15, -0.1) is 0 Å². The molecule has 2 aromatic carbocycles. The highest BCUT2D eigenvalue weighted by Crippen LogP contribution is 2.33. The Balaban J connectivity index is 1.36. The first kappa shape index (κ1) is 24.5. The van der Waals surface area contributed by atoms with E-state index >= 15 is 0 Å². The highest BCUT2D eigenvalue weighted by atomic mass is 16.5. The number of amides is 2. The van der Waals surface area contributed by atoms with Gasteiger partial charge in [0.15, 0.2) is 5.69 Å². The molecule has 0 spiro atoms. The van der Waals surface area contributed by atoms with Crippen LogP contribution < -0.4 is 15.4 Å². The number of methoxy groups -OCH3 is 1. The van der Waals surface area contributed by atoms with E-state index in [2.05, 4.69) is 37.9 Å². The summed E-state index contributed by atoms with van der Waals surface area (Å²) in [6, 6.07) is 17.5. The molecule has 2 unspecified atom stereocenters. The van der Waals surface area contributed by atoms with Gasteiger partial charge in [0.2, 0.25) is 5.88 Å². The van der Waals surface area contributed by atoms with Gasteiger partial charge in [0.05, 0.1) is 18.7 Å². The number of carbonyl (C=O) groups is 2. The fourth-order valence-electron chi connectivity index (χ4n) is 4.81. The van der Waals surface area contributed by atoms with Crippen molar-refractivity contribution in [3.05, 3.63) is 77.6 Å². The van der Waals surface area contributed by atoms with Crippen molar-refractivity contribution in [2.75, 3.05) is 27.3 Å². The van der Waals surface area contributed by atoms with Crippen molar-refractivity contribution in [2.24, 2.45) is 5.92 Å². The van der Waals surface area contributed by atoms with E-state index in [1.54, 1.807) is 19.3 Å². The second-order valence-electron chi connectivity index (χ2n) is 9.01. The van der Waals surface area contributed by atoms with Gasteiger partial charge in [-0.05, 0) is 42.2 Å². The van der Waals surface area contributed by atoms with Crippen LogP contribution >= 0.6 is 0 Å². The molecule has 37 heavy (non-hydrogen) atoms. The zero-order chi connectivity index (χ0) is 25.8. The molecule has 1 fully saturated rings. The maximum Gasteiger partial charge on any atom is 0.272 e. The second kappa shape index (κ2) is 10.8. The first-order chi connectivity index (χ1) is 18.1. The van der Waals surface area contributed by atoms with Crippen LogP contribution in [0.5, 0.6) is 5.88 Å². The molecule has 3 N–H and O–H groups in total. The second-order valence-corrected chi connectivity index (χ2v) is 9.01. The molecule has 1 saturated heterocycles. The Hall–Kier alpha value is -4.24. The third-order valence-electron chi connectivity index (χ3n) is 6.73. The lowest BCUT2D eigenvalue weighted by molar-refractivity contribution is -0.0272. The first-order valence-electron chi connectivity index (χ1n) is 12.3. The van der Waals surface area contributed by atoms with Gasteiger partial charge in [0, 0.05) is 43.3 Å². The van der Waals surface area contributed by atoms with Crippen LogP contribution in [0.2, 0.25) is 0 Å². The number of ether oxygens (including phenoxy) is 2. The molecule has 3 heterocycles. The number of carbonyl (C=O) groups excluding carboxylic acids is 2. The van der Waals surface area contributed by atoms with Gasteiger partial charge in [-0.1, -0.05) is 36.4 Å². The molecule has 0 radical (unpaired) electrons. The highest BCUT2D eigenvalue weighted by Gasteiger charge is 2.28. The largest absolute Gasteiger partial charge is 0.480 e. The quantitative estimate of drug-likeness (QED) is 0.355. The van der Waals surface area contributed by atoms with Crippen molar-refractivity contribution in [3.63, 3.8) is 0 Å². The van der Waals surface area contributed by atoms with E-state index in [0.717, 1.165) is 36.1 Å². The van der Waals surface area contributed by atoms with Crippen LogP contribution in [0.3, 0.4) is 0 Å². The Kier molecular flexibility index (Phi) is 7.14. The Morgan fingerprint density at radius 3 is 2.73 bits per heavy atom. The molecule has 5 rings (SSSR count). The molecular weight excluding hydrogens is 470 g/mol. The SMILES string of the molecule is CNC(=O)c1n[nH]c2cc(-c3cnc(OC)c(C(=O)NCC4CCCOC4c4ccccc4)c3)ccc12. The Morgan fingerprint density at radius 2 is 1.95 bits per heavy atom. The summed E-state index contributed by atoms with van der Waals surface area (Å²) in [5.74, 6) is -0.0974. The average Bonchev–Trinajstić information content (AvgIpc) is 3.39. The fraction of sp³-hybridized carbons (Fsp3) is 0.286. The number of benzene rings is 2. The van der Waals surface area contributed by atoms with Gasteiger partial charge in [0.25, 0.3) is 11.8 Å². The molecule has 1 aliphatic heterocycles. The predicted molar refractivity (Wildman–Crippen MR) is 139 cm³/mol. The maximum absolute atomic E-state index is 13.3. The number of hydrogen-bond donors (Lipinski definition) is 3. The molecule has 4 aromatic rings. The van der Waals surface area contributed by atoms with Crippen LogP contribution in [0.4, 0.5) is 0 Å². The lowest BCUT2D eigenvalue weighted by Crippen LogP contribution is -2.35. The summed E-state index contributed by atoms with van der Waals surface area (Å²) in [6.45, 7) is 1.20. The molecule has 0 aliphatic carbocycles. The Labute approximate surface area is 214 Å². The predicted octanol–water partition coefficient (Wildman–Crippen LogP) is 3.89. The number of aromatic amines is 1. The molecule has 1 aliphatic rings. The van der Waals surface area contributed by atoms with Crippen LogP contribution in [0.15, 0.2) is 60.8 Å². The van der Waals surface area contributed by atoms with Gasteiger partial charge in [0.1, 0.15) is 5.56 Å². The van der Waals surface area contributed by atoms with Crippen LogP contribution in [0.1, 0.15) is 45.4 Å². The molecule has 2 atom stereocenters. The van der Waals surface area contributed by atoms with Gasteiger partial charge >= 0.3 is 0 Å². The minimum atomic E-state index is -0.262. The average molecular weight is 500 g/mol. The minimum Gasteiger partial charge on any atom is -0.480 e. The monoisotopic (exact) mass is 499 g/mol. The van der Waals surface area contributed by atoms with Crippen LogP contribution in [0, 0.1) is 5.92 Å². The minimum absolute atomic E-state index is 0.0533. The van der Waals surface area contributed by atoms with E-state index in [-0.39, 0.29) is 29.7 Å². The number of rotatable bonds is 7. The topological polar surface area (TPSA) is 118 Å². The Bertz CT molecular complexity index is 1420. The standard InChI is InChI=1S/C28H29N5O4/c1-29-27(35)24-21-11-10-18(14-23(21)32-33-24)20-13-22(28(36-2)31-16-20)26(34)30-15-19-9-6-12-37-25(19)17-7-4-3-5-8-17/h3-5,7-8,10-11,13-14,16,19,25H,6,9,12,15H2,1-2H3,(H,29,35)(H,30,34)(H,32,33). The number of fused-ring (bicyclic) bond motifs is 1. The third-order valence-corrected chi connectivity index (χ3v) is 6.73. The van der Waals surface area contributed by atoms with Crippen molar-refractivity contribution >= 4 is 22.7 Å². The summed E-state index contributed by atoms with van der Waals surface area (Å²) in [5, 5.41) is 13.4. The number of H-pyrrole nitrogens is 1. The first-order valence-corrected chi connectivity index (χ1v) is 12.3. The van der Waals surface area contributed by atoms with Crippen molar-refractivity contribution in [3.8, 4) is 17.0 Å². The van der Waals surface area contributed by atoms with E-state index in [9.17, 15) is 9.59 Å². The maximum atomic E-state index is 13.3. The number of nitrogens with one attached hydrogen (secondary N) is 3. The van der Waals surface area contributed by atoms with Crippen molar-refractivity contribution in [1.29, 1.82) is 0 Å². The van der Waals surface area contributed by atoms with E-state index in [1.165, 1.54) is 7.11 Å². The van der Waals surface area contributed by atoms with Crippen molar-refractivity contribution in [1.82, 2.24) is 25.8 Å². The number of aromatic nitrogens is 3. The van der Waals surface area contributed by atoms with Crippen molar-refractivity contribution in [2.45, 2.75) is 18.9 Å². The molecule has 2 amide bonds. The Morgan fingerprint density at radius 1 is 1.11 bits per heavy atom. The summed E-state index contributed by atoms with van der Waals surface area (Å²) < 4.78 is 11.5. The summed E-state index contributed by atoms with van der Waals surface area (Å²) in [4.78, 5) is 29.7. The molecule has 9 nitrogen and oxygen atoms in total. The van der Waals surface area contributed by atoms with Crippen LogP contribution in [-0.2, 0) is 4.74 Å². The van der Waals surface area contributed by atoms with E-state index in [0.29, 0.717) is 28.7 Å². The fourth-order valence-corrected chi connectivity index (χ4v) is 4.81. The lowest BCUT2D eigenvalue weighted by atomic mass is 9.89. The highest BCUT2D eigenvalue weighted by molar-refractivity contribution is 6.05. The summed E-state index contributed by atoms with van der Waals surface area (Å²) >= 11 is 0. The molecule has 2 aromatic heterocycles. The normalized spacial score (nSPS) is 17.4. The lowest BCUT2D eigenvalue weighted by Gasteiger charge is -2.32. The third kappa shape index (κ3) is 5.03. The van der Waals surface area contributed by atoms with Gasteiger partial charge in [-0.3, -0.25) is 14.7 Å². The summed E-state index contributed by atoms with van der Waals surface area (Å²) in [7, 11) is 3.06. The summed E-state index contributed by atoms with van der Waals surface area (Å²) in [6.07, 6.45) is 3.54. The molecule has 190 valence electrons.